The van der Waals surface area contributed by atoms with Gasteiger partial charge in [0.15, 0.2) is 0 Å². The van der Waals surface area contributed by atoms with Gasteiger partial charge in [-0.25, -0.2) is 9.78 Å². The van der Waals surface area contributed by atoms with E-state index in [0.717, 1.165) is 11.1 Å². The van der Waals surface area contributed by atoms with Gasteiger partial charge in [0.1, 0.15) is 0 Å². The molecule has 0 atom stereocenters. The second-order valence-electron chi connectivity index (χ2n) is 5.31. The zero-order valence-corrected chi connectivity index (χ0v) is 13.9. The third-order valence-electron chi connectivity index (χ3n) is 3.45. The van der Waals surface area contributed by atoms with Crippen LogP contribution in [0.4, 0.5) is 16.4 Å². The summed E-state index contributed by atoms with van der Waals surface area (Å²) in [5, 5.41) is 5.37. The predicted octanol–water partition coefficient (Wildman–Crippen LogP) is 4.52. The summed E-state index contributed by atoms with van der Waals surface area (Å²) in [7, 11) is 0. The monoisotopic (exact) mass is 337 g/mol. The van der Waals surface area contributed by atoms with E-state index in [-0.39, 0.29) is 5.88 Å². The predicted molar refractivity (Wildman–Crippen MR) is 96.4 cm³/mol. The van der Waals surface area contributed by atoms with Gasteiger partial charge in [-0.2, -0.15) is 0 Å². The van der Waals surface area contributed by atoms with E-state index in [1.54, 1.807) is 0 Å². The Morgan fingerprint density at radius 2 is 1.84 bits per heavy atom. The molecule has 1 aromatic heterocycles. The fourth-order valence-electron chi connectivity index (χ4n) is 2.22. The molecule has 3 aromatic rings. The minimum absolute atomic E-state index is 0.282. The van der Waals surface area contributed by atoms with E-state index in [1.165, 1.54) is 6.20 Å². The van der Waals surface area contributed by atoms with Crippen molar-refractivity contribution in [2.75, 3.05) is 17.2 Å². The molecule has 1 heterocycles. The molecule has 25 heavy (non-hydrogen) atoms. The standard InChI is InChI=1S/C19H19N3O3/c1-2-24-13-14-8-10-16(11-9-14)21-19(23)22-17-12-20-18(25-17)15-6-4-3-5-7-15/h3-12H,2,13H2,1H3,(H2,21,22,23). The number of nitrogens with zero attached hydrogens (tertiary/aromatic N) is 1. The molecular formula is C19H19N3O3. The van der Waals surface area contributed by atoms with Crippen LogP contribution in [0.25, 0.3) is 11.5 Å². The molecule has 2 aromatic carbocycles. The molecule has 0 unspecified atom stereocenters. The van der Waals surface area contributed by atoms with Gasteiger partial charge < -0.3 is 14.5 Å². The van der Waals surface area contributed by atoms with Crippen molar-refractivity contribution >= 4 is 17.6 Å². The summed E-state index contributed by atoms with van der Waals surface area (Å²) >= 11 is 0. The molecule has 6 heteroatoms. The maximum absolute atomic E-state index is 12.0. The zero-order valence-electron chi connectivity index (χ0n) is 13.9. The number of rotatable bonds is 6. The van der Waals surface area contributed by atoms with E-state index in [2.05, 4.69) is 15.6 Å². The molecule has 128 valence electrons. The van der Waals surface area contributed by atoms with Gasteiger partial charge in [-0.05, 0) is 36.8 Å². The van der Waals surface area contributed by atoms with Crippen LogP contribution < -0.4 is 10.6 Å². The number of ether oxygens (including phenoxy) is 1. The minimum Gasteiger partial charge on any atom is -0.420 e. The Labute approximate surface area is 145 Å². The second kappa shape index (κ2) is 8.12. The van der Waals surface area contributed by atoms with Gasteiger partial charge in [-0.15, -0.1) is 0 Å². The molecule has 0 aliphatic carbocycles. The van der Waals surface area contributed by atoms with Crippen molar-refractivity contribution in [2.45, 2.75) is 13.5 Å². The molecule has 0 aliphatic heterocycles. The first-order valence-corrected chi connectivity index (χ1v) is 8.00. The van der Waals surface area contributed by atoms with Crippen LogP contribution in [0.5, 0.6) is 0 Å². The van der Waals surface area contributed by atoms with E-state index in [9.17, 15) is 4.79 Å². The van der Waals surface area contributed by atoms with Crippen molar-refractivity contribution in [3.05, 3.63) is 66.4 Å². The topological polar surface area (TPSA) is 76.4 Å². The van der Waals surface area contributed by atoms with Gasteiger partial charge >= 0.3 is 6.03 Å². The van der Waals surface area contributed by atoms with E-state index < -0.39 is 6.03 Å². The number of nitrogens with one attached hydrogen (secondary N) is 2. The number of carbonyl (C=O) groups excluding carboxylic acids is 1. The highest BCUT2D eigenvalue weighted by Gasteiger charge is 2.09. The van der Waals surface area contributed by atoms with Crippen LogP contribution >= 0.6 is 0 Å². The number of urea groups is 1. The molecule has 0 saturated carbocycles. The molecule has 2 N–H and O–H groups in total. The Kier molecular flexibility index (Phi) is 5.43. The number of anilines is 2. The molecule has 0 spiro atoms. The van der Waals surface area contributed by atoms with Crippen molar-refractivity contribution in [3.8, 4) is 11.5 Å². The Morgan fingerprint density at radius 1 is 1.08 bits per heavy atom. The Bertz CT molecular complexity index is 813. The van der Waals surface area contributed by atoms with Crippen molar-refractivity contribution in [3.63, 3.8) is 0 Å². The first-order valence-electron chi connectivity index (χ1n) is 8.00. The maximum atomic E-state index is 12.0. The van der Waals surface area contributed by atoms with E-state index in [4.69, 9.17) is 9.15 Å². The fraction of sp³-hybridized carbons (Fsp3) is 0.158. The summed E-state index contributed by atoms with van der Waals surface area (Å²) in [6.45, 7) is 3.18. The average molecular weight is 337 g/mol. The Morgan fingerprint density at radius 3 is 2.56 bits per heavy atom. The summed E-state index contributed by atoms with van der Waals surface area (Å²) in [4.78, 5) is 16.2. The van der Waals surface area contributed by atoms with Crippen LogP contribution in [-0.2, 0) is 11.3 Å². The molecule has 0 radical (unpaired) electrons. The van der Waals surface area contributed by atoms with Crippen molar-refractivity contribution in [1.29, 1.82) is 0 Å². The summed E-state index contributed by atoms with van der Waals surface area (Å²) in [6.07, 6.45) is 1.48. The first kappa shape index (κ1) is 16.7. The van der Waals surface area contributed by atoms with Crippen LogP contribution in [0, 0.1) is 0 Å². The molecule has 2 amide bonds. The molecule has 0 bridgehead atoms. The molecule has 0 fully saturated rings. The zero-order chi connectivity index (χ0) is 17.5. The Balaban J connectivity index is 1.57. The van der Waals surface area contributed by atoms with Gasteiger partial charge in [0.2, 0.25) is 11.8 Å². The SMILES string of the molecule is CCOCc1ccc(NC(=O)Nc2cnc(-c3ccccc3)o2)cc1. The van der Waals surface area contributed by atoms with E-state index >= 15 is 0 Å². The summed E-state index contributed by atoms with van der Waals surface area (Å²) < 4.78 is 10.9. The summed E-state index contributed by atoms with van der Waals surface area (Å²) in [5.41, 5.74) is 2.58. The molecule has 3 rings (SSSR count). The van der Waals surface area contributed by atoms with Crippen LogP contribution in [0.1, 0.15) is 12.5 Å². The summed E-state index contributed by atoms with van der Waals surface area (Å²) in [5.74, 6) is 0.737. The lowest BCUT2D eigenvalue weighted by Gasteiger charge is -2.07. The highest BCUT2D eigenvalue weighted by molar-refractivity contribution is 5.98. The normalized spacial score (nSPS) is 10.4. The second-order valence-corrected chi connectivity index (χ2v) is 5.31. The molecule has 0 aliphatic rings. The number of carbonyl (C=O) groups is 1. The minimum atomic E-state index is -0.395. The van der Waals surface area contributed by atoms with Crippen LogP contribution in [0.15, 0.2) is 65.2 Å². The third kappa shape index (κ3) is 4.68. The largest absolute Gasteiger partial charge is 0.420 e. The van der Waals surface area contributed by atoms with Crippen molar-refractivity contribution < 1.29 is 13.9 Å². The number of benzene rings is 2. The smallest absolute Gasteiger partial charge is 0.326 e. The molecule has 0 saturated heterocycles. The number of hydrogen-bond donors (Lipinski definition) is 2. The van der Waals surface area contributed by atoms with Gasteiger partial charge in [-0.3, -0.25) is 5.32 Å². The van der Waals surface area contributed by atoms with Crippen molar-refractivity contribution in [2.24, 2.45) is 0 Å². The molecule has 6 nitrogen and oxygen atoms in total. The number of hydrogen-bond acceptors (Lipinski definition) is 4. The number of aromatic nitrogens is 1. The van der Waals surface area contributed by atoms with Crippen LogP contribution in [0.2, 0.25) is 0 Å². The lowest BCUT2D eigenvalue weighted by Crippen LogP contribution is -2.19. The Hall–Kier alpha value is -3.12. The van der Waals surface area contributed by atoms with Gasteiger partial charge in [0.25, 0.3) is 0 Å². The molecular weight excluding hydrogens is 318 g/mol. The first-order chi connectivity index (χ1) is 12.2. The average Bonchev–Trinajstić information content (AvgIpc) is 3.10. The number of oxazole rings is 1. The summed E-state index contributed by atoms with van der Waals surface area (Å²) in [6, 6.07) is 16.6. The fourth-order valence-corrected chi connectivity index (χ4v) is 2.22. The lowest BCUT2D eigenvalue weighted by molar-refractivity contribution is 0.134. The highest BCUT2D eigenvalue weighted by atomic mass is 16.5. The van der Waals surface area contributed by atoms with Crippen LogP contribution in [-0.4, -0.2) is 17.6 Å². The number of amides is 2. The van der Waals surface area contributed by atoms with E-state index in [0.29, 0.717) is 24.8 Å². The quantitative estimate of drug-likeness (QED) is 0.693. The maximum Gasteiger partial charge on any atom is 0.326 e. The highest BCUT2D eigenvalue weighted by Crippen LogP contribution is 2.21. The van der Waals surface area contributed by atoms with E-state index in [1.807, 2.05) is 61.5 Å². The lowest BCUT2D eigenvalue weighted by atomic mass is 10.2. The van der Waals surface area contributed by atoms with Crippen molar-refractivity contribution in [1.82, 2.24) is 4.98 Å². The van der Waals surface area contributed by atoms with Crippen LogP contribution in [0.3, 0.4) is 0 Å². The van der Waals surface area contributed by atoms with Gasteiger partial charge in [0.05, 0.1) is 12.8 Å². The van der Waals surface area contributed by atoms with Gasteiger partial charge in [0, 0.05) is 17.9 Å². The van der Waals surface area contributed by atoms with Gasteiger partial charge in [-0.1, -0.05) is 30.3 Å². The third-order valence-corrected chi connectivity index (χ3v) is 3.45.